The quantitative estimate of drug-likeness (QED) is 0.0989. The van der Waals surface area contributed by atoms with Crippen LogP contribution in [0.4, 0.5) is 14.7 Å². The molecule has 6 rings (SSSR count). The zero-order chi connectivity index (χ0) is 35.5. The number of nitrogens with zero attached hydrogens (tertiary/aromatic N) is 4. The zero-order valence-electron chi connectivity index (χ0n) is 28.3. The van der Waals surface area contributed by atoms with E-state index in [1.165, 1.54) is 13.2 Å². The second kappa shape index (κ2) is 15.2. The van der Waals surface area contributed by atoms with Gasteiger partial charge in [-0.1, -0.05) is 57.2 Å². The van der Waals surface area contributed by atoms with E-state index in [0.717, 1.165) is 22.9 Å². The Hall–Kier alpha value is -4.49. The van der Waals surface area contributed by atoms with Gasteiger partial charge < -0.3 is 29.0 Å². The summed E-state index contributed by atoms with van der Waals surface area (Å²) < 4.78 is 59.8. The molecular formula is C35H39F2N6O6P. The van der Waals surface area contributed by atoms with E-state index in [1.807, 2.05) is 67.8 Å². The number of fused-ring (bicyclic) bond motifs is 2. The number of aromatic nitrogens is 4. The van der Waals surface area contributed by atoms with Gasteiger partial charge in [0.15, 0.2) is 11.2 Å². The molecular weight excluding hydrogens is 669 g/mol. The Balaban J connectivity index is 1.21. The lowest BCUT2D eigenvalue weighted by atomic mass is 10.1. The lowest BCUT2D eigenvalue weighted by Crippen LogP contribution is -2.40. The summed E-state index contributed by atoms with van der Waals surface area (Å²) in [7, 11) is -0.453. The number of imidazole rings is 1. The van der Waals surface area contributed by atoms with Crippen molar-refractivity contribution in [2.24, 2.45) is 11.8 Å². The maximum atomic E-state index is 14.3. The number of carbonyl (C=O) groups excluding carboxylic acids is 1. The summed E-state index contributed by atoms with van der Waals surface area (Å²) in [5.41, 5.74) is 7.03. The van der Waals surface area contributed by atoms with Crippen LogP contribution in [0, 0.1) is 30.4 Å². The van der Waals surface area contributed by atoms with Gasteiger partial charge in [-0.05, 0) is 42.8 Å². The first kappa shape index (κ1) is 35.3. The van der Waals surface area contributed by atoms with Gasteiger partial charge in [-0.3, -0.25) is 9.36 Å². The van der Waals surface area contributed by atoms with E-state index in [2.05, 4.69) is 27.0 Å². The van der Waals surface area contributed by atoms with Gasteiger partial charge in [0.05, 0.1) is 19.8 Å². The number of aryl methyl sites for hydroxylation is 1. The predicted octanol–water partition coefficient (Wildman–Crippen LogP) is 6.76. The number of esters is 1. The maximum Gasteiger partial charge on any atom is 0.324 e. The van der Waals surface area contributed by atoms with Gasteiger partial charge in [0.1, 0.15) is 42.1 Å². The lowest BCUT2D eigenvalue weighted by Gasteiger charge is -2.27. The molecule has 0 aliphatic carbocycles. The van der Waals surface area contributed by atoms with Gasteiger partial charge in [-0.25, -0.2) is 18.9 Å². The van der Waals surface area contributed by atoms with Crippen molar-refractivity contribution in [1.29, 1.82) is 0 Å². The summed E-state index contributed by atoms with van der Waals surface area (Å²) in [6.45, 7) is 7.39. The van der Waals surface area contributed by atoms with E-state index in [0.29, 0.717) is 29.2 Å². The molecule has 5 unspecified atom stereocenters. The van der Waals surface area contributed by atoms with Crippen molar-refractivity contribution in [2.75, 3.05) is 19.5 Å². The summed E-state index contributed by atoms with van der Waals surface area (Å²) in [5, 5.41) is 5.07. The molecule has 2 aromatic heterocycles. The highest BCUT2D eigenvalue weighted by molar-refractivity contribution is 7.45. The van der Waals surface area contributed by atoms with Crippen LogP contribution in [0.25, 0.3) is 21.9 Å². The van der Waals surface area contributed by atoms with Gasteiger partial charge in [0.2, 0.25) is 11.8 Å². The van der Waals surface area contributed by atoms with Crippen molar-refractivity contribution in [1.82, 2.24) is 24.6 Å². The molecule has 5 aromatic rings. The number of hydrogen-bond acceptors (Lipinski definition) is 11. The molecule has 12 nitrogen and oxygen atoms in total. The van der Waals surface area contributed by atoms with Crippen LogP contribution < -0.4 is 20.1 Å². The Morgan fingerprint density at radius 3 is 2.66 bits per heavy atom. The number of halogens is 2. The molecule has 50 heavy (non-hydrogen) atoms. The molecule has 0 radical (unpaired) electrons. The predicted molar refractivity (Wildman–Crippen MR) is 184 cm³/mol. The molecule has 1 aliphatic rings. The number of nitrogen functional groups attached to an aromatic ring is 1. The third-order valence-electron chi connectivity index (χ3n) is 8.46. The van der Waals surface area contributed by atoms with Crippen molar-refractivity contribution < 1.29 is 36.8 Å². The van der Waals surface area contributed by atoms with E-state index in [9.17, 15) is 13.6 Å². The second-order valence-electron chi connectivity index (χ2n) is 12.5. The normalized spacial score (nSPS) is 18.8. The molecule has 0 saturated carbocycles. The van der Waals surface area contributed by atoms with Crippen molar-refractivity contribution in [2.45, 2.75) is 59.1 Å². The van der Waals surface area contributed by atoms with E-state index < -0.39 is 38.4 Å². The van der Waals surface area contributed by atoms with Gasteiger partial charge in [-0.2, -0.15) is 9.97 Å². The van der Waals surface area contributed by atoms with E-state index in [4.69, 9.17) is 29.0 Å². The lowest BCUT2D eigenvalue weighted by molar-refractivity contribution is -0.148. The summed E-state index contributed by atoms with van der Waals surface area (Å²) in [4.78, 5) is 26.6. The molecule has 1 saturated heterocycles. The first-order valence-electron chi connectivity index (χ1n) is 16.2. The minimum atomic E-state index is -1.95. The third-order valence-corrected chi connectivity index (χ3v) is 9.70. The Kier molecular flexibility index (Phi) is 10.7. The third kappa shape index (κ3) is 7.63. The average Bonchev–Trinajstić information content (AvgIpc) is 3.61. The van der Waals surface area contributed by atoms with Crippen LogP contribution in [0.3, 0.4) is 0 Å². The van der Waals surface area contributed by atoms with Crippen molar-refractivity contribution in [3.63, 3.8) is 0 Å². The fourth-order valence-electron chi connectivity index (χ4n) is 5.93. The summed E-state index contributed by atoms with van der Waals surface area (Å²) in [6.07, 6.45) is -0.115. The molecule has 5 atom stereocenters. The van der Waals surface area contributed by atoms with Crippen LogP contribution in [0.1, 0.15) is 44.8 Å². The molecule has 3 N–H and O–H groups in total. The van der Waals surface area contributed by atoms with Crippen LogP contribution in [0.2, 0.25) is 0 Å². The topological polar surface area (TPSA) is 145 Å². The van der Waals surface area contributed by atoms with Crippen LogP contribution in [-0.2, 0) is 25.4 Å². The molecule has 3 heterocycles. The minimum absolute atomic E-state index is 0.0466. The highest BCUT2D eigenvalue weighted by Gasteiger charge is 2.38. The molecule has 0 spiro atoms. The number of rotatable bonds is 13. The Labute approximate surface area is 289 Å². The molecule has 0 bridgehead atoms. The number of nitrogens with two attached hydrogens (primary N) is 1. The van der Waals surface area contributed by atoms with E-state index >= 15 is 0 Å². The summed E-state index contributed by atoms with van der Waals surface area (Å²) in [5.74, 6) is -0.790. The number of ether oxygens (including phenoxy) is 3. The standard InChI is InChI=1S/C35H39F2N6O6P/c1-19(2)29(34(44)46-17-23-13-14-24(36)16-27(23)37)42-50(49-28-12-8-10-22-9-6-7-11-26(22)28)47-18-25-15-20(3)33(48-25)43-21(4)39-30-31(43)40-35(38)41-32(30)45-5/h6-14,16,19-20,25,29,33,42H,15,17-18H2,1-5H3,(H2,38,40,41). The Morgan fingerprint density at radius 1 is 1.12 bits per heavy atom. The molecule has 1 aliphatic heterocycles. The first-order chi connectivity index (χ1) is 24.0. The van der Waals surface area contributed by atoms with Gasteiger partial charge in [0, 0.05) is 22.9 Å². The van der Waals surface area contributed by atoms with Crippen molar-refractivity contribution in [3.05, 3.63) is 83.7 Å². The second-order valence-corrected chi connectivity index (χ2v) is 13.7. The number of benzene rings is 3. The van der Waals surface area contributed by atoms with Gasteiger partial charge in [0.25, 0.3) is 0 Å². The molecule has 1 fully saturated rings. The van der Waals surface area contributed by atoms with Crippen molar-refractivity contribution in [3.8, 4) is 11.6 Å². The highest BCUT2D eigenvalue weighted by atomic mass is 31.2. The summed E-state index contributed by atoms with van der Waals surface area (Å²) >= 11 is 0. The number of nitrogens with one attached hydrogen (secondary N) is 1. The molecule has 3 aromatic carbocycles. The number of carbonyl (C=O) groups is 1. The molecule has 15 heteroatoms. The molecule has 264 valence electrons. The summed E-state index contributed by atoms with van der Waals surface area (Å²) in [6, 6.07) is 15.7. The Bertz CT molecular complexity index is 1990. The van der Waals surface area contributed by atoms with E-state index in [-0.39, 0.29) is 48.5 Å². The first-order valence-corrected chi connectivity index (χ1v) is 17.4. The largest absolute Gasteiger partial charge is 0.479 e. The van der Waals surface area contributed by atoms with Crippen LogP contribution >= 0.6 is 8.53 Å². The smallest absolute Gasteiger partial charge is 0.324 e. The van der Waals surface area contributed by atoms with Gasteiger partial charge in [-0.15, -0.1) is 0 Å². The zero-order valence-corrected chi connectivity index (χ0v) is 29.2. The fourth-order valence-corrected chi connectivity index (χ4v) is 7.38. The Morgan fingerprint density at radius 2 is 1.90 bits per heavy atom. The SMILES string of the molecule is COc1nc(N)nc2c1nc(C)n2C1OC(COP(NC(C(=O)OCc2ccc(F)cc2F)C(C)C)Oc2cccc3ccccc23)CC1C. The van der Waals surface area contributed by atoms with Crippen LogP contribution in [0.15, 0.2) is 60.7 Å². The van der Waals surface area contributed by atoms with Crippen LogP contribution in [0.5, 0.6) is 11.6 Å². The number of hydrogen-bond donors (Lipinski definition) is 2. The van der Waals surface area contributed by atoms with Crippen LogP contribution in [-0.4, -0.2) is 51.4 Å². The average molecular weight is 709 g/mol. The number of anilines is 1. The minimum Gasteiger partial charge on any atom is -0.479 e. The van der Waals surface area contributed by atoms with Crippen molar-refractivity contribution >= 4 is 42.4 Å². The molecule has 0 amide bonds. The number of methoxy groups -OCH3 is 1. The highest BCUT2D eigenvalue weighted by Crippen LogP contribution is 2.43. The van der Waals surface area contributed by atoms with E-state index in [1.54, 1.807) is 0 Å². The monoisotopic (exact) mass is 708 g/mol. The fraction of sp³-hybridized carbons (Fsp3) is 0.371. The maximum absolute atomic E-state index is 14.3. The van der Waals surface area contributed by atoms with Gasteiger partial charge >= 0.3 is 14.5 Å².